The fraction of sp³-hybridized carbons (Fsp3) is 0.267. The van der Waals surface area contributed by atoms with Gasteiger partial charge in [0.1, 0.15) is 24.3 Å². The molecule has 6 nitrogen and oxygen atoms in total. The highest BCUT2D eigenvalue weighted by Gasteiger charge is 2.30. The molecule has 0 N–H and O–H groups in total. The Balaban J connectivity index is 1.85. The molecule has 2 aromatic heterocycles. The molecule has 0 unspecified atom stereocenters. The van der Waals surface area contributed by atoms with Crippen molar-refractivity contribution >= 4 is 22.6 Å². The Morgan fingerprint density at radius 3 is 2.52 bits per heavy atom. The van der Waals surface area contributed by atoms with E-state index in [4.69, 9.17) is 21.1 Å². The van der Waals surface area contributed by atoms with Crippen molar-refractivity contribution in [3.8, 4) is 11.6 Å². The number of nitrogens with zero attached hydrogens (tertiary/aromatic N) is 4. The number of benzene rings is 1. The van der Waals surface area contributed by atoms with Crippen molar-refractivity contribution in [3.63, 3.8) is 0 Å². The molecule has 0 amide bonds. The zero-order valence-corrected chi connectivity index (χ0v) is 13.7. The first kappa shape index (κ1) is 17.3. The van der Waals surface area contributed by atoms with Gasteiger partial charge in [-0.3, -0.25) is 0 Å². The number of methoxy groups -OCH3 is 1. The van der Waals surface area contributed by atoms with Crippen molar-refractivity contribution in [3.05, 3.63) is 41.3 Å². The van der Waals surface area contributed by atoms with Crippen molar-refractivity contribution in [2.24, 2.45) is 0 Å². The van der Waals surface area contributed by atoms with E-state index in [1.807, 2.05) is 0 Å². The van der Waals surface area contributed by atoms with E-state index < -0.39 is 12.7 Å². The van der Waals surface area contributed by atoms with Gasteiger partial charge in [0.05, 0.1) is 13.3 Å². The lowest BCUT2D eigenvalue weighted by Gasteiger charge is -2.09. The standard InChI is InChI=1S/C15H12ClF3N4O2/c1-24-10-4-2-9(3-5-10)7-25-13-11-6-20-23(8-15(17,18)19)12(11)21-14(16)22-13/h2-6H,7-8H2,1H3. The molecule has 0 atom stereocenters. The van der Waals surface area contributed by atoms with Gasteiger partial charge in [0.2, 0.25) is 11.2 Å². The van der Waals surface area contributed by atoms with E-state index in [1.54, 1.807) is 31.4 Å². The number of ether oxygens (including phenoxy) is 2. The number of halogens is 4. The summed E-state index contributed by atoms with van der Waals surface area (Å²) >= 11 is 5.80. The SMILES string of the molecule is COc1ccc(COc2nc(Cl)nc3c2cnn3CC(F)(F)F)cc1. The minimum atomic E-state index is -4.43. The third-order valence-electron chi connectivity index (χ3n) is 3.30. The summed E-state index contributed by atoms with van der Waals surface area (Å²) in [6, 6.07) is 7.13. The second kappa shape index (κ2) is 6.75. The van der Waals surface area contributed by atoms with Crippen LogP contribution < -0.4 is 9.47 Å². The monoisotopic (exact) mass is 372 g/mol. The summed E-state index contributed by atoms with van der Waals surface area (Å²) in [6.45, 7) is -1.13. The van der Waals surface area contributed by atoms with Crippen molar-refractivity contribution in [1.82, 2.24) is 19.7 Å². The maximum absolute atomic E-state index is 12.6. The predicted molar refractivity (Wildman–Crippen MR) is 83.7 cm³/mol. The summed E-state index contributed by atoms with van der Waals surface area (Å²) in [6.07, 6.45) is -3.21. The molecule has 0 aliphatic heterocycles. The molecular formula is C15H12ClF3N4O2. The van der Waals surface area contributed by atoms with E-state index in [0.29, 0.717) is 10.4 Å². The highest BCUT2D eigenvalue weighted by atomic mass is 35.5. The van der Waals surface area contributed by atoms with Crippen LogP contribution in [0.2, 0.25) is 5.28 Å². The highest BCUT2D eigenvalue weighted by molar-refractivity contribution is 6.28. The van der Waals surface area contributed by atoms with Gasteiger partial charge < -0.3 is 9.47 Å². The summed E-state index contributed by atoms with van der Waals surface area (Å²) in [5.74, 6) is 0.767. The Bertz CT molecular complexity index is 881. The van der Waals surface area contributed by atoms with E-state index in [1.165, 1.54) is 6.20 Å². The van der Waals surface area contributed by atoms with E-state index in [2.05, 4.69) is 15.1 Å². The summed E-state index contributed by atoms with van der Waals surface area (Å²) in [4.78, 5) is 7.75. The summed E-state index contributed by atoms with van der Waals surface area (Å²) in [5, 5.41) is 3.73. The number of aromatic nitrogens is 4. The Labute approximate surface area is 145 Å². The Hall–Kier alpha value is -2.55. The average molecular weight is 373 g/mol. The van der Waals surface area contributed by atoms with Gasteiger partial charge in [0, 0.05) is 0 Å². The molecule has 2 heterocycles. The second-order valence-corrected chi connectivity index (χ2v) is 5.43. The fourth-order valence-electron chi connectivity index (χ4n) is 2.17. The van der Waals surface area contributed by atoms with Crippen molar-refractivity contribution in [2.45, 2.75) is 19.3 Å². The molecule has 0 aliphatic rings. The van der Waals surface area contributed by atoms with Crippen molar-refractivity contribution < 1.29 is 22.6 Å². The van der Waals surface area contributed by atoms with E-state index in [-0.39, 0.29) is 28.8 Å². The summed E-state index contributed by atoms with van der Waals surface area (Å²) < 4.78 is 49.2. The van der Waals surface area contributed by atoms with Crippen LogP contribution >= 0.6 is 11.6 Å². The van der Waals surface area contributed by atoms with Gasteiger partial charge in [-0.25, -0.2) is 4.68 Å². The molecule has 0 saturated heterocycles. The number of alkyl halides is 3. The molecule has 132 valence electrons. The molecule has 10 heteroatoms. The third-order valence-corrected chi connectivity index (χ3v) is 3.47. The fourth-order valence-corrected chi connectivity index (χ4v) is 2.33. The molecule has 0 bridgehead atoms. The van der Waals surface area contributed by atoms with Crippen LogP contribution in [0, 0.1) is 0 Å². The van der Waals surface area contributed by atoms with Crippen LogP contribution in [0.4, 0.5) is 13.2 Å². The number of hydrogen-bond donors (Lipinski definition) is 0. The van der Waals surface area contributed by atoms with Gasteiger partial charge in [-0.05, 0) is 29.3 Å². The molecule has 0 radical (unpaired) electrons. The topological polar surface area (TPSA) is 62.1 Å². The molecule has 1 aromatic carbocycles. The van der Waals surface area contributed by atoms with Crippen LogP contribution in [0.5, 0.6) is 11.6 Å². The molecule has 0 saturated carbocycles. The van der Waals surface area contributed by atoms with Gasteiger partial charge in [0.15, 0.2) is 5.65 Å². The van der Waals surface area contributed by atoms with Crippen LogP contribution in [0.25, 0.3) is 11.0 Å². The van der Waals surface area contributed by atoms with Crippen molar-refractivity contribution in [2.75, 3.05) is 7.11 Å². The Morgan fingerprint density at radius 2 is 1.88 bits per heavy atom. The minimum absolute atomic E-state index is 0.0398. The first-order valence-electron chi connectivity index (χ1n) is 7.07. The predicted octanol–water partition coefficient (Wildman–Crippen LogP) is 3.63. The number of rotatable bonds is 5. The quantitative estimate of drug-likeness (QED) is 0.640. The lowest BCUT2D eigenvalue weighted by molar-refractivity contribution is -0.141. The largest absolute Gasteiger partial charge is 0.497 e. The highest BCUT2D eigenvalue weighted by Crippen LogP contribution is 2.27. The molecule has 0 fully saturated rings. The van der Waals surface area contributed by atoms with Crippen LogP contribution in [0.1, 0.15) is 5.56 Å². The van der Waals surface area contributed by atoms with Crippen LogP contribution in [-0.2, 0) is 13.2 Å². The lowest BCUT2D eigenvalue weighted by Crippen LogP contribution is -2.18. The van der Waals surface area contributed by atoms with E-state index in [0.717, 1.165) is 5.56 Å². The number of fused-ring (bicyclic) bond motifs is 1. The summed E-state index contributed by atoms with van der Waals surface area (Å²) in [5.41, 5.74) is 0.786. The molecule has 3 rings (SSSR count). The zero-order valence-electron chi connectivity index (χ0n) is 12.9. The first-order chi connectivity index (χ1) is 11.9. The Morgan fingerprint density at radius 1 is 1.16 bits per heavy atom. The average Bonchev–Trinajstić information content (AvgIpc) is 2.94. The number of hydrogen-bond acceptors (Lipinski definition) is 5. The van der Waals surface area contributed by atoms with Crippen molar-refractivity contribution in [1.29, 1.82) is 0 Å². The molecular weight excluding hydrogens is 361 g/mol. The zero-order chi connectivity index (χ0) is 18.0. The lowest BCUT2D eigenvalue weighted by atomic mass is 10.2. The summed E-state index contributed by atoms with van der Waals surface area (Å²) in [7, 11) is 1.56. The molecule has 3 aromatic rings. The second-order valence-electron chi connectivity index (χ2n) is 5.09. The minimum Gasteiger partial charge on any atom is -0.497 e. The molecule has 0 aliphatic carbocycles. The van der Waals surface area contributed by atoms with E-state index >= 15 is 0 Å². The van der Waals surface area contributed by atoms with Gasteiger partial charge in [-0.1, -0.05) is 12.1 Å². The first-order valence-corrected chi connectivity index (χ1v) is 7.45. The smallest absolute Gasteiger partial charge is 0.408 e. The normalized spacial score (nSPS) is 11.7. The van der Waals surface area contributed by atoms with Gasteiger partial charge >= 0.3 is 6.18 Å². The molecule has 25 heavy (non-hydrogen) atoms. The van der Waals surface area contributed by atoms with Crippen LogP contribution in [0.15, 0.2) is 30.5 Å². The maximum atomic E-state index is 12.6. The van der Waals surface area contributed by atoms with Gasteiger partial charge in [0.25, 0.3) is 0 Å². The van der Waals surface area contributed by atoms with Gasteiger partial charge in [-0.15, -0.1) is 0 Å². The molecule has 0 spiro atoms. The van der Waals surface area contributed by atoms with Crippen LogP contribution in [0.3, 0.4) is 0 Å². The van der Waals surface area contributed by atoms with Crippen LogP contribution in [-0.4, -0.2) is 33.0 Å². The third kappa shape index (κ3) is 4.11. The maximum Gasteiger partial charge on any atom is 0.408 e. The van der Waals surface area contributed by atoms with E-state index in [9.17, 15) is 13.2 Å². The Kier molecular flexibility index (Phi) is 4.67. The van der Waals surface area contributed by atoms with Gasteiger partial charge in [-0.2, -0.15) is 28.2 Å².